The standard InChI is InChI=1S/C23H23F3N6O/c1-13-20(27)23(12-33-13)7-9-32(10-8-23)22-17(11-24)28-19-16(30-31-21(19)29-22)6-5-14-3-2-4-15(25)18(14)26/h2-4,13,20H,7-12,27H2,1H3,(H,29,30,31)/t13-,20+/m0/s1. The fraction of sp³-hybridized carbons (Fsp3) is 0.435. The SMILES string of the molecule is C[C@@H]1OCC2(CCN(c3nc4n[nH]c(C#Cc5cccc(F)c5F)c4nc3CF)CC2)[C@@H]1N. The van der Waals surface area contributed by atoms with Gasteiger partial charge in [0.15, 0.2) is 17.5 Å². The van der Waals surface area contributed by atoms with Gasteiger partial charge < -0.3 is 15.4 Å². The minimum Gasteiger partial charge on any atom is -0.376 e. The predicted octanol–water partition coefficient (Wildman–Crippen LogP) is 2.83. The number of hydrogen-bond donors (Lipinski definition) is 2. The lowest BCUT2D eigenvalue weighted by Crippen LogP contribution is -2.51. The van der Waals surface area contributed by atoms with E-state index in [9.17, 15) is 13.2 Å². The number of nitrogens with two attached hydrogens (primary N) is 1. The monoisotopic (exact) mass is 456 g/mol. The minimum absolute atomic E-state index is 0.0238. The third-order valence-electron chi connectivity index (χ3n) is 6.74. The maximum atomic E-state index is 13.9. The van der Waals surface area contributed by atoms with Gasteiger partial charge >= 0.3 is 0 Å². The zero-order valence-electron chi connectivity index (χ0n) is 18.0. The van der Waals surface area contributed by atoms with Crippen LogP contribution in [0.4, 0.5) is 19.0 Å². The molecule has 2 atom stereocenters. The van der Waals surface area contributed by atoms with Gasteiger partial charge in [-0.1, -0.05) is 12.0 Å². The number of nitrogens with zero attached hydrogens (tertiary/aromatic N) is 4. The Morgan fingerprint density at radius 2 is 2.03 bits per heavy atom. The molecular formula is C23H23F3N6O. The number of halogens is 3. The summed E-state index contributed by atoms with van der Waals surface area (Å²) in [5, 5.41) is 6.85. The molecule has 1 aromatic carbocycles. The average molecular weight is 456 g/mol. The van der Waals surface area contributed by atoms with Crippen LogP contribution in [0.15, 0.2) is 18.2 Å². The molecule has 3 N–H and O–H groups in total. The van der Waals surface area contributed by atoms with E-state index in [1.165, 1.54) is 12.1 Å². The number of alkyl halides is 1. The zero-order chi connectivity index (χ0) is 23.2. The van der Waals surface area contributed by atoms with Gasteiger partial charge in [0.05, 0.1) is 18.3 Å². The Morgan fingerprint density at radius 3 is 2.73 bits per heavy atom. The van der Waals surface area contributed by atoms with Crippen LogP contribution in [0, 0.1) is 28.9 Å². The van der Waals surface area contributed by atoms with E-state index in [2.05, 4.69) is 32.0 Å². The van der Waals surface area contributed by atoms with Gasteiger partial charge in [-0.3, -0.25) is 5.10 Å². The molecule has 0 unspecified atom stereocenters. The van der Waals surface area contributed by atoms with E-state index < -0.39 is 18.3 Å². The van der Waals surface area contributed by atoms with Gasteiger partial charge in [-0.2, -0.15) is 5.10 Å². The number of rotatable bonds is 2. The molecule has 2 aromatic heterocycles. The number of benzene rings is 1. The van der Waals surface area contributed by atoms with Crippen LogP contribution < -0.4 is 10.6 Å². The normalized spacial score (nSPS) is 22.0. The number of ether oxygens (including phenoxy) is 1. The van der Waals surface area contributed by atoms with E-state index in [1.54, 1.807) is 0 Å². The third-order valence-corrected chi connectivity index (χ3v) is 6.74. The summed E-state index contributed by atoms with van der Waals surface area (Å²) in [4.78, 5) is 11.0. The first-order valence-electron chi connectivity index (χ1n) is 10.8. The summed E-state index contributed by atoms with van der Waals surface area (Å²) in [6.45, 7) is 3.14. The van der Waals surface area contributed by atoms with Gasteiger partial charge in [-0.05, 0) is 37.8 Å². The smallest absolute Gasteiger partial charge is 0.202 e. The molecule has 0 radical (unpaired) electrons. The highest BCUT2D eigenvalue weighted by Crippen LogP contribution is 2.42. The van der Waals surface area contributed by atoms with Gasteiger partial charge in [0.1, 0.15) is 23.6 Å². The van der Waals surface area contributed by atoms with Crippen LogP contribution in [0.25, 0.3) is 11.2 Å². The highest BCUT2D eigenvalue weighted by atomic mass is 19.2. The number of nitrogens with one attached hydrogen (secondary N) is 1. The predicted molar refractivity (Wildman–Crippen MR) is 116 cm³/mol. The lowest BCUT2D eigenvalue weighted by atomic mass is 9.73. The van der Waals surface area contributed by atoms with E-state index >= 15 is 0 Å². The van der Waals surface area contributed by atoms with Crippen LogP contribution >= 0.6 is 0 Å². The molecule has 0 bridgehead atoms. The topological polar surface area (TPSA) is 93.0 Å². The molecule has 172 valence electrons. The van der Waals surface area contributed by atoms with Crippen LogP contribution in [-0.2, 0) is 11.4 Å². The largest absolute Gasteiger partial charge is 0.376 e. The number of hydrogen-bond acceptors (Lipinski definition) is 6. The molecular weight excluding hydrogens is 433 g/mol. The highest BCUT2D eigenvalue weighted by molar-refractivity contribution is 5.78. The molecule has 7 nitrogen and oxygen atoms in total. The number of anilines is 1. The zero-order valence-corrected chi connectivity index (χ0v) is 18.0. The van der Waals surface area contributed by atoms with Crippen LogP contribution in [-0.4, -0.2) is 52.0 Å². The van der Waals surface area contributed by atoms with Gasteiger partial charge in [0.25, 0.3) is 0 Å². The molecule has 2 aliphatic rings. The molecule has 2 saturated heterocycles. The third kappa shape index (κ3) is 3.71. The van der Waals surface area contributed by atoms with Crippen molar-refractivity contribution in [3.8, 4) is 11.8 Å². The van der Waals surface area contributed by atoms with Gasteiger partial charge in [-0.25, -0.2) is 23.1 Å². The van der Waals surface area contributed by atoms with Crippen molar-refractivity contribution in [1.29, 1.82) is 0 Å². The lowest BCUT2D eigenvalue weighted by molar-refractivity contribution is 0.0974. The fourth-order valence-electron chi connectivity index (χ4n) is 4.66. The van der Waals surface area contributed by atoms with E-state index in [0.29, 0.717) is 25.5 Å². The molecule has 2 fully saturated rings. The molecule has 2 aliphatic heterocycles. The van der Waals surface area contributed by atoms with E-state index in [0.717, 1.165) is 18.9 Å². The van der Waals surface area contributed by atoms with Crippen molar-refractivity contribution in [2.45, 2.75) is 38.6 Å². The van der Waals surface area contributed by atoms with Crippen LogP contribution in [0.2, 0.25) is 0 Å². The van der Waals surface area contributed by atoms with Crippen LogP contribution in [0.5, 0.6) is 0 Å². The minimum atomic E-state index is -1.03. The Labute approximate surface area is 188 Å². The van der Waals surface area contributed by atoms with E-state index in [4.69, 9.17) is 10.5 Å². The fourth-order valence-corrected chi connectivity index (χ4v) is 4.66. The Hall–Kier alpha value is -3.16. The first-order valence-corrected chi connectivity index (χ1v) is 10.8. The average Bonchev–Trinajstić information content (AvgIpc) is 3.35. The van der Waals surface area contributed by atoms with Crippen molar-refractivity contribution in [2.24, 2.45) is 11.1 Å². The molecule has 0 aliphatic carbocycles. The van der Waals surface area contributed by atoms with Crippen molar-refractivity contribution < 1.29 is 17.9 Å². The van der Waals surface area contributed by atoms with E-state index in [1.807, 2.05) is 11.8 Å². The second kappa shape index (κ2) is 8.32. The van der Waals surface area contributed by atoms with Gasteiger partial charge in [0, 0.05) is 24.5 Å². The van der Waals surface area contributed by atoms with Crippen LogP contribution in [0.1, 0.15) is 36.7 Å². The molecule has 33 heavy (non-hydrogen) atoms. The Balaban J connectivity index is 1.42. The number of aromatic amines is 1. The summed E-state index contributed by atoms with van der Waals surface area (Å²) in [6, 6.07) is 3.73. The molecule has 5 rings (SSSR count). The summed E-state index contributed by atoms with van der Waals surface area (Å²) in [7, 11) is 0. The maximum Gasteiger partial charge on any atom is 0.202 e. The van der Waals surface area contributed by atoms with Gasteiger partial charge in [-0.15, -0.1) is 0 Å². The van der Waals surface area contributed by atoms with Gasteiger partial charge in [0.2, 0.25) is 5.65 Å². The second-order valence-electron chi connectivity index (χ2n) is 8.64. The first kappa shape index (κ1) is 21.7. The van der Waals surface area contributed by atoms with Crippen molar-refractivity contribution >= 4 is 17.0 Å². The lowest BCUT2D eigenvalue weighted by Gasteiger charge is -2.41. The Morgan fingerprint density at radius 1 is 1.24 bits per heavy atom. The number of aromatic nitrogens is 4. The molecule has 0 amide bonds. The Bertz CT molecular complexity index is 1260. The maximum absolute atomic E-state index is 13.9. The van der Waals surface area contributed by atoms with Crippen LogP contribution in [0.3, 0.4) is 0 Å². The summed E-state index contributed by atoms with van der Waals surface area (Å²) in [5.41, 5.74) is 7.22. The van der Waals surface area contributed by atoms with Crippen molar-refractivity contribution in [2.75, 3.05) is 24.6 Å². The first-order chi connectivity index (χ1) is 15.9. The van der Waals surface area contributed by atoms with Crippen molar-refractivity contribution in [1.82, 2.24) is 20.2 Å². The molecule has 1 spiro atoms. The molecule has 0 saturated carbocycles. The number of H-pyrrole nitrogens is 1. The number of fused-ring (bicyclic) bond motifs is 1. The summed E-state index contributed by atoms with van der Waals surface area (Å²) in [6.07, 6.45) is 1.67. The van der Waals surface area contributed by atoms with E-state index in [-0.39, 0.29) is 45.7 Å². The van der Waals surface area contributed by atoms with Crippen molar-refractivity contribution in [3.63, 3.8) is 0 Å². The molecule has 4 heterocycles. The Kier molecular flexibility index (Phi) is 5.46. The summed E-state index contributed by atoms with van der Waals surface area (Å²) >= 11 is 0. The second-order valence-corrected chi connectivity index (χ2v) is 8.64. The molecule has 3 aromatic rings. The summed E-state index contributed by atoms with van der Waals surface area (Å²) < 4.78 is 47.0. The number of piperidine rings is 1. The quantitative estimate of drug-likeness (QED) is 0.576. The highest BCUT2D eigenvalue weighted by Gasteiger charge is 2.47. The molecule has 10 heteroatoms. The summed E-state index contributed by atoms with van der Waals surface area (Å²) in [5.74, 6) is 3.70. The van der Waals surface area contributed by atoms with Crippen molar-refractivity contribution in [3.05, 3.63) is 46.8 Å².